The van der Waals surface area contributed by atoms with Crippen LogP contribution < -0.4 is 4.90 Å². The number of benzene rings is 2. The summed E-state index contributed by atoms with van der Waals surface area (Å²) in [4.78, 5) is 6.88. The molecular formula is C21H25FN2. The maximum Gasteiger partial charge on any atom is 0.123 e. The van der Waals surface area contributed by atoms with E-state index in [4.69, 9.17) is 0 Å². The molecule has 0 spiro atoms. The molecule has 126 valence electrons. The molecule has 24 heavy (non-hydrogen) atoms. The molecule has 2 aromatic carbocycles. The number of hydrogen-bond donors (Lipinski definition) is 0. The lowest BCUT2D eigenvalue weighted by Crippen LogP contribution is -2.45. The van der Waals surface area contributed by atoms with Gasteiger partial charge in [-0.2, -0.15) is 0 Å². The van der Waals surface area contributed by atoms with Crippen LogP contribution in [-0.4, -0.2) is 18.8 Å². The van der Waals surface area contributed by atoms with Crippen molar-refractivity contribution in [2.45, 2.75) is 45.6 Å². The highest BCUT2D eigenvalue weighted by molar-refractivity contribution is 5.85. The highest BCUT2D eigenvalue weighted by atomic mass is 19.1. The molecule has 1 aliphatic rings. The molecule has 0 saturated heterocycles. The number of fused-ring (bicyclic) bond motifs is 1. The van der Waals surface area contributed by atoms with Crippen molar-refractivity contribution >= 4 is 17.6 Å². The minimum atomic E-state index is -0.238. The van der Waals surface area contributed by atoms with Crippen LogP contribution in [0.1, 0.15) is 49.8 Å². The Labute approximate surface area is 144 Å². The van der Waals surface area contributed by atoms with E-state index in [1.807, 2.05) is 6.21 Å². The predicted molar refractivity (Wildman–Crippen MR) is 100 cm³/mol. The molecule has 0 unspecified atom stereocenters. The van der Waals surface area contributed by atoms with E-state index in [0.29, 0.717) is 5.92 Å². The van der Waals surface area contributed by atoms with Crippen molar-refractivity contribution in [2.24, 2.45) is 4.99 Å². The standard InChI is InChI=1S/C21H25FN2/c1-14-10-20-19(15(2)12-21(3,4)24(20)5)11-16(14)13-23-18-8-6-17(22)7-9-18/h6-11,13,15H,12H2,1-5H3/t15-/m0/s1. The summed E-state index contributed by atoms with van der Waals surface area (Å²) in [5, 5.41) is 0. The summed E-state index contributed by atoms with van der Waals surface area (Å²) in [5.41, 5.74) is 5.95. The summed E-state index contributed by atoms with van der Waals surface area (Å²) in [5.74, 6) is 0.281. The zero-order chi connectivity index (χ0) is 17.5. The van der Waals surface area contributed by atoms with Gasteiger partial charge in [-0.05, 0) is 86.2 Å². The number of nitrogens with zero attached hydrogens (tertiary/aromatic N) is 2. The van der Waals surface area contributed by atoms with Crippen LogP contribution >= 0.6 is 0 Å². The van der Waals surface area contributed by atoms with Gasteiger partial charge in [0.2, 0.25) is 0 Å². The highest BCUT2D eigenvalue weighted by Crippen LogP contribution is 2.43. The molecule has 0 amide bonds. The van der Waals surface area contributed by atoms with Crippen molar-refractivity contribution in [1.29, 1.82) is 0 Å². The van der Waals surface area contributed by atoms with Gasteiger partial charge in [-0.25, -0.2) is 4.39 Å². The zero-order valence-corrected chi connectivity index (χ0v) is 15.1. The Balaban J connectivity index is 1.97. The molecule has 0 aromatic heterocycles. The van der Waals surface area contributed by atoms with E-state index in [2.05, 4.69) is 56.8 Å². The zero-order valence-electron chi connectivity index (χ0n) is 15.1. The number of halogens is 1. The van der Waals surface area contributed by atoms with Crippen LogP contribution in [0.4, 0.5) is 15.8 Å². The number of hydrogen-bond acceptors (Lipinski definition) is 2. The first-order valence-electron chi connectivity index (χ1n) is 8.46. The smallest absolute Gasteiger partial charge is 0.123 e. The van der Waals surface area contributed by atoms with Gasteiger partial charge in [0, 0.05) is 24.5 Å². The lowest BCUT2D eigenvalue weighted by Gasteiger charge is -2.45. The van der Waals surface area contributed by atoms with E-state index in [-0.39, 0.29) is 11.4 Å². The normalized spacial score (nSPS) is 19.6. The largest absolute Gasteiger partial charge is 0.369 e. The first-order chi connectivity index (χ1) is 11.3. The number of anilines is 1. The van der Waals surface area contributed by atoms with Gasteiger partial charge in [0.15, 0.2) is 0 Å². The predicted octanol–water partition coefficient (Wildman–Crippen LogP) is 5.61. The van der Waals surface area contributed by atoms with Gasteiger partial charge in [0.05, 0.1) is 5.69 Å². The van der Waals surface area contributed by atoms with Gasteiger partial charge >= 0.3 is 0 Å². The summed E-state index contributed by atoms with van der Waals surface area (Å²) in [6, 6.07) is 10.8. The van der Waals surface area contributed by atoms with E-state index in [9.17, 15) is 4.39 Å². The summed E-state index contributed by atoms with van der Waals surface area (Å²) >= 11 is 0. The Bertz CT molecular complexity index is 775. The topological polar surface area (TPSA) is 15.6 Å². The second-order valence-corrected chi connectivity index (χ2v) is 7.48. The lowest BCUT2D eigenvalue weighted by molar-refractivity contribution is 0.395. The van der Waals surface area contributed by atoms with Crippen LogP contribution in [0.3, 0.4) is 0 Å². The van der Waals surface area contributed by atoms with Crippen molar-refractivity contribution in [1.82, 2.24) is 0 Å². The molecule has 2 nitrogen and oxygen atoms in total. The van der Waals surface area contributed by atoms with Crippen LogP contribution in [0, 0.1) is 12.7 Å². The SMILES string of the molecule is Cc1cc2c(cc1C=Nc1ccc(F)cc1)[C@@H](C)CC(C)(C)N2C. The van der Waals surface area contributed by atoms with Crippen molar-refractivity contribution in [3.8, 4) is 0 Å². The van der Waals surface area contributed by atoms with E-state index in [1.54, 1.807) is 12.1 Å². The fraction of sp³-hybridized carbons (Fsp3) is 0.381. The van der Waals surface area contributed by atoms with E-state index in [1.165, 1.54) is 28.9 Å². The fourth-order valence-corrected chi connectivity index (χ4v) is 3.54. The number of rotatable bonds is 2. The molecule has 0 saturated carbocycles. The van der Waals surface area contributed by atoms with Crippen LogP contribution in [0.15, 0.2) is 41.4 Å². The molecule has 0 bridgehead atoms. The third kappa shape index (κ3) is 3.08. The Kier molecular flexibility index (Phi) is 4.20. The van der Waals surface area contributed by atoms with Crippen molar-refractivity contribution < 1.29 is 4.39 Å². The Morgan fingerprint density at radius 1 is 1.21 bits per heavy atom. The molecule has 1 heterocycles. The molecule has 1 aliphatic heterocycles. The molecule has 0 radical (unpaired) electrons. The molecule has 1 atom stereocenters. The molecule has 3 rings (SSSR count). The minimum absolute atomic E-state index is 0.169. The third-order valence-corrected chi connectivity index (χ3v) is 5.20. The number of aryl methyl sites for hydroxylation is 1. The molecule has 0 aliphatic carbocycles. The van der Waals surface area contributed by atoms with Gasteiger partial charge < -0.3 is 4.90 Å². The van der Waals surface area contributed by atoms with Crippen LogP contribution in [0.5, 0.6) is 0 Å². The molecule has 0 N–H and O–H groups in total. The molecular weight excluding hydrogens is 299 g/mol. The monoisotopic (exact) mass is 324 g/mol. The maximum atomic E-state index is 13.0. The van der Waals surface area contributed by atoms with Crippen LogP contribution in [-0.2, 0) is 0 Å². The molecule has 3 heteroatoms. The average Bonchev–Trinajstić information content (AvgIpc) is 2.52. The third-order valence-electron chi connectivity index (χ3n) is 5.20. The molecule has 2 aromatic rings. The Morgan fingerprint density at radius 2 is 1.88 bits per heavy atom. The van der Waals surface area contributed by atoms with Crippen molar-refractivity contribution in [3.05, 3.63) is 58.9 Å². The van der Waals surface area contributed by atoms with Crippen LogP contribution in [0.25, 0.3) is 0 Å². The van der Waals surface area contributed by atoms with Crippen molar-refractivity contribution in [2.75, 3.05) is 11.9 Å². The average molecular weight is 324 g/mol. The number of aliphatic imine (C=N–C) groups is 1. The summed E-state index contributed by atoms with van der Waals surface area (Å²) in [6.07, 6.45) is 3.02. The van der Waals surface area contributed by atoms with Gasteiger partial charge in [-0.3, -0.25) is 4.99 Å². The maximum absolute atomic E-state index is 13.0. The first-order valence-corrected chi connectivity index (χ1v) is 8.46. The summed E-state index contributed by atoms with van der Waals surface area (Å²) < 4.78 is 13.0. The van der Waals surface area contributed by atoms with E-state index >= 15 is 0 Å². The van der Waals surface area contributed by atoms with Gasteiger partial charge in [0.1, 0.15) is 5.82 Å². The Morgan fingerprint density at radius 3 is 2.54 bits per heavy atom. The highest BCUT2D eigenvalue weighted by Gasteiger charge is 2.34. The van der Waals surface area contributed by atoms with Gasteiger partial charge in [0.25, 0.3) is 0 Å². The summed E-state index contributed by atoms with van der Waals surface area (Å²) in [6.45, 7) is 9.01. The second kappa shape index (κ2) is 6.04. The minimum Gasteiger partial charge on any atom is -0.369 e. The van der Waals surface area contributed by atoms with Crippen LogP contribution in [0.2, 0.25) is 0 Å². The molecule has 0 fully saturated rings. The lowest BCUT2D eigenvalue weighted by atomic mass is 9.79. The van der Waals surface area contributed by atoms with Gasteiger partial charge in [-0.1, -0.05) is 6.92 Å². The first kappa shape index (κ1) is 16.7. The van der Waals surface area contributed by atoms with E-state index in [0.717, 1.165) is 17.7 Å². The van der Waals surface area contributed by atoms with Crippen molar-refractivity contribution in [3.63, 3.8) is 0 Å². The summed E-state index contributed by atoms with van der Waals surface area (Å²) in [7, 11) is 2.18. The van der Waals surface area contributed by atoms with Gasteiger partial charge in [-0.15, -0.1) is 0 Å². The second-order valence-electron chi connectivity index (χ2n) is 7.48. The van der Waals surface area contributed by atoms with E-state index < -0.39 is 0 Å². The quantitative estimate of drug-likeness (QED) is 0.656. The fourth-order valence-electron chi connectivity index (χ4n) is 3.54. The Hall–Kier alpha value is -2.16.